The molecule has 2 heterocycles. The van der Waals surface area contributed by atoms with Crippen LogP contribution in [-0.4, -0.2) is 29.0 Å². The first kappa shape index (κ1) is 16.6. The Labute approximate surface area is 125 Å². The lowest BCUT2D eigenvalue weighted by atomic mass is 10.3. The molecule has 2 aromatic heterocycles. The fourth-order valence-corrected chi connectivity index (χ4v) is 1.54. The molecule has 21 heavy (non-hydrogen) atoms. The normalized spacial score (nSPS) is 9.38. The first-order chi connectivity index (χ1) is 10.2. The van der Waals surface area contributed by atoms with E-state index in [1.165, 1.54) is 0 Å². The van der Waals surface area contributed by atoms with Gasteiger partial charge in [0.05, 0.1) is 0 Å². The fourth-order valence-electron chi connectivity index (χ4n) is 1.54. The average Bonchev–Trinajstić information content (AvgIpc) is 2.50. The summed E-state index contributed by atoms with van der Waals surface area (Å²) in [5, 5.41) is 0. The maximum absolute atomic E-state index is 5.32. The summed E-state index contributed by atoms with van der Waals surface area (Å²) in [6.45, 7) is 1.27. The number of guanidine groups is 1. The highest BCUT2D eigenvalue weighted by Gasteiger charge is 1.90. The Hall–Kier alpha value is -2.47. The molecular weight excluding hydrogens is 264 g/mol. The molecule has 0 saturated heterocycles. The highest BCUT2D eigenvalue weighted by atomic mass is 15.0. The van der Waals surface area contributed by atoms with E-state index in [-0.39, 0.29) is 5.96 Å². The summed E-state index contributed by atoms with van der Waals surface area (Å²) in [6.07, 6.45) is 5.19. The summed E-state index contributed by atoms with van der Waals surface area (Å²) in [4.78, 5) is 12.1. The van der Waals surface area contributed by atoms with E-state index in [2.05, 4.69) is 15.0 Å². The van der Waals surface area contributed by atoms with Gasteiger partial charge in [-0.3, -0.25) is 15.0 Å². The van der Waals surface area contributed by atoms with Gasteiger partial charge in [0.1, 0.15) is 0 Å². The molecule has 6 N–H and O–H groups in total. The number of nitrogens with two attached hydrogens (primary N) is 3. The maximum Gasteiger partial charge on any atom is 0.185 e. The Bertz CT molecular complexity index is 508. The van der Waals surface area contributed by atoms with Crippen LogP contribution in [0.25, 0.3) is 0 Å². The fraction of sp³-hybridized carbons (Fsp3) is 0.267. The molecule has 2 aromatic rings. The first-order valence-electron chi connectivity index (χ1n) is 6.77. The number of hydrogen-bond donors (Lipinski definition) is 3. The minimum Gasteiger partial charge on any atom is -0.370 e. The Kier molecular flexibility index (Phi) is 8.16. The minimum atomic E-state index is 0.130. The summed E-state index contributed by atoms with van der Waals surface area (Å²) in [5.74, 6) is 0.130. The van der Waals surface area contributed by atoms with Crippen molar-refractivity contribution in [2.75, 3.05) is 13.1 Å². The molecular formula is C15H22N6. The summed E-state index contributed by atoms with van der Waals surface area (Å²) in [5.41, 5.74) is 17.7. The topological polar surface area (TPSA) is 116 Å². The van der Waals surface area contributed by atoms with E-state index in [1.54, 1.807) is 12.4 Å². The number of aliphatic imine (C=N–C) groups is 1. The van der Waals surface area contributed by atoms with Gasteiger partial charge in [-0.15, -0.1) is 0 Å². The molecule has 0 unspecified atom stereocenters. The van der Waals surface area contributed by atoms with Gasteiger partial charge in [-0.05, 0) is 30.8 Å². The molecule has 0 aliphatic rings. The molecule has 0 saturated carbocycles. The lowest BCUT2D eigenvalue weighted by Crippen LogP contribution is -2.23. The number of pyridine rings is 2. The molecule has 0 radical (unpaired) electrons. The van der Waals surface area contributed by atoms with Gasteiger partial charge in [-0.1, -0.05) is 12.1 Å². The average molecular weight is 286 g/mol. The number of aromatic nitrogens is 2. The monoisotopic (exact) mass is 286 g/mol. The second-order valence-electron chi connectivity index (χ2n) is 4.24. The van der Waals surface area contributed by atoms with E-state index in [9.17, 15) is 0 Å². The maximum atomic E-state index is 5.32. The third-order valence-corrected chi connectivity index (χ3v) is 2.52. The molecule has 112 valence electrons. The van der Waals surface area contributed by atoms with Gasteiger partial charge in [0, 0.05) is 43.2 Å². The Morgan fingerprint density at radius 2 is 1.48 bits per heavy atom. The van der Waals surface area contributed by atoms with Crippen molar-refractivity contribution in [3.8, 4) is 0 Å². The third-order valence-electron chi connectivity index (χ3n) is 2.52. The lowest BCUT2D eigenvalue weighted by Gasteiger charge is -1.95. The van der Waals surface area contributed by atoms with Crippen molar-refractivity contribution in [1.29, 1.82) is 0 Å². The quantitative estimate of drug-likeness (QED) is 0.546. The summed E-state index contributed by atoms with van der Waals surface area (Å²) < 4.78 is 0. The van der Waals surface area contributed by atoms with E-state index in [0.29, 0.717) is 13.1 Å². The largest absolute Gasteiger partial charge is 0.370 e. The van der Waals surface area contributed by atoms with Crippen LogP contribution in [0.2, 0.25) is 0 Å². The van der Waals surface area contributed by atoms with Gasteiger partial charge < -0.3 is 17.2 Å². The van der Waals surface area contributed by atoms with Crippen molar-refractivity contribution >= 4 is 5.96 Å². The van der Waals surface area contributed by atoms with E-state index in [1.807, 2.05) is 36.4 Å². The number of hydrogen-bond acceptors (Lipinski definition) is 4. The Balaban J connectivity index is 0.000000219. The van der Waals surface area contributed by atoms with Gasteiger partial charge in [0.2, 0.25) is 0 Å². The van der Waals surface area contributed by atoms with Gasteiger partial charge in [-0.25, -0.2) is 0 Å². The van der Waals surface area contributed by atoms with Crippen molar-refractivity contribution in [2.45, 2.75) is 12.8 Å². The molecule has 0 bridgehead atoms. The molecule has 0 amide bonds. The summed E-state index contributed by atoms with van der Waals surface area (Å²) in [7, 11) is 0. The highest BCUT2D eigenvalue weighted by Crippen LogP contribution is 1.94. The summed E-state index contributed by atoms with van der Waals surface area (Å²) in [6, 6.07) is 11.6. The van der Waals surface area contributed by atoms with Gasteiger partial charge in [0.15, 0.2) is 5.96 Å². The van der Waals surface area contributed by atoms with E-state index in [4.69, 9.17) is 17.2 Å². The smallest absolute Gasteiger partial charge is 0.185 e. The van der Waals surface area contributed by atoms with Crippen LogP contribution in [0.1, 0.15) is 11.4 Å². The predicted octanol–water partition coefficient (Wildman–Crippen LogP) is 0.480. The van der Waals surface area contributed by atoms with Crippen molar-refractivity contribution in [3.05, 3.63) is 60.2 Å². The van der Waals surface area contributed by atoms with Crippen LogP contribution in [-0.2, 0) is 12.8 Å². The van der Waals surface area contributed by atoms with Crippen molar-refractivity contribution < 1.29 is 0 Å². The number of nitrogens with zero attached hydrogens (tertiary/aromatic N) is 3. The molecule has 6 nitrogen and oxygen atoms in total. The zero-order chi connectivity index (χ0) is 15.3. The van der Waals surface area contributed by atoms with Crippen LogP contribution in [0, 0.1) is 0 Å². The van der Waals surface area contributed by atoms with Crippen molar-refractivity contribution in [3.63, 3.8) is 0 Å². The van der Waals surface area contributed by atoms with Crippen molar-refractivity contribution in [2.24, 2.45) is 22.2 Å². The molecule has 0 aliphatic heterocycles. The van der Waals surface area contributed by atoms with Crippen LogP contribution in [0.4, 0.5) is 0 Å². The van der Waals surface area contributed by atoms with Gasteiger partial charge in [0.25, 0.3) is 0 Å². The van der Waals surface area contributed by atoms with E-state index in [0.717, 1.165) is 24.2 Å². The van der Waals surface area contributed by atoms with Crippen LogP contribution >= 0.6 is 0 Å². The number of rotatable bonds is 5. The molecule has 0 spiro atoms. The Morgan fingerprint density at radius 1 is 0.905 bits per heavy atom. The van der Waals surface area contributed by atoms with Crippen LogP contribution in [0.3, 0.4) is 0 Å². The van der Waals surface area contributed by atoms with E-state index >= 15 is 0 Å². The van der Waals surface area contributed by atoms with Crippen LogP contribution in [0.15, 0.2) is 53.8 Å². The molecule has 0 aliphatic carbocycles. The third kappa shape index (κ3) is 8.33. The van der Waals surface area contributed by atoms with Crippen molar-refractivity contribution in [1.82, 2.24) is 9.97 Å². The standard InChI is InChI=1S/C8H12N4.C7H10N2/c9-8(10)12-6-4-7-3-1-2-5-11-7;8-5-4-7-3-1-2-6-9-7/h1-3,5H,4,6H2,(H4,9,10,12);1-3,6H,4-5,8H2. The lowest BCUT2D eigenvalue weighted by molar-refractivity contribution is 0.919. The second-order valence-corrected chi connectivity index (χ2v) is 4.24. The highest BCUT2D eigenvalue weighted by molar-refractivity contribution is 5.75. The van der Waals surface area contributed by atoms with Gasteiger partial charge in [-0.2, -0.15) is 0 Å². The van der Waals surface area contributed by atoms with E-state index < -0.39 is 0 Å². The SMILES string of the molecule is NC(N)=NCCc1ccccn1.NCCc1ccccn1. The zero-order valence-electron chi connectivity index (χ0n) is 12.0. The molecule has 0 aromatic carbocycles. The zero-order valence-corrected chi connectivity index (χ0v) is 12.0. The first-order valence-corrected chi connectivity index (χ1v) is 6.77. The van der Waals surface area contributed by atoms with Crippen LogP contribution in [0.5, 0.6) is 0 Å². The second kappa shape index (κ2) is 10.3. The van der Waals surface area contributed by atoms with Gasteiger partial charge >= 0.3 is 0 Å². The molecule has 2 rings (SSSR count). The molecule has 0 atom stereocenters. The van der Waals surface area contributed by atoms with Crippen LogP contribution < -0.4 is 17.2 Å². The Morgan fingerprint density at radius 3 is 1.90 bits per heavy atom. The summed E-state index contributed by atoms with van der Waals surface area (Å²) >= 11 is 0. The molecule has 6 heteroatoms. The molecule has 0 fully saturated rings. The minimum absolute atomic E-state index is 0.130. The predicted molar refractivity (Wildman–Crippen MR) is 85.6 cm³/mol.